The molecule has 0 saturated carbocycles. The van der Waals surface area contributed by atoms with Crippen LogP contribution in [0.15, 0.2) is 42.6 Å². The van der Waals surface area contributed by atoms with Gasteiger partial charge in [0.05, 0.1) is 6.20 Å². The Morgan fingerprint density at radius 3 is 2.56 bits per heavy atom. The maximum absolute atomic E-state index is 14.0. The average molecular weight is 493 g/mol. The number of carbonyl (C=O) groups excluding carboxylic acids is 1. The lowest BCUT2D eigenvalue weighted by Gasteiger charge is -2.42. The van der Waals surface area contributed by atoms with Crippen molar-refractivity contribution in [1.29, 1.82) is 5.26 Å². The summed E-state index contributed by atoms with van der Waals surface area (Å²) in [6.07, 6.45) is 10.6. The number of benzene rings is 1. The van der Waals surface area contributed by atoms with E-state index >= 15 is 0 Å². The lowest BCUT2D eigenvalue weighted by atomic mass is 9.75. The zero-order chi connectivity index (χ0) is 25.6. The van der Waals surface area contributed by atoms with Crippen LogP contribution in [-0.4, -0.2) is 40.4 Å². The first-order valence-electron chi connectivity index (χ1n) is 12.3. The van der Waals surface area contributed by atoms with Gasteiger partial charge in [-0.2, -0.15) is 5.26 Å². The van der Waals surface area contributed by atoms with E-state index in [-0.39, 0.29) is 22.9 Å². The molecule has 1 fully saturated rings. The van der Waals surface area contributed by atoms with E-state index in [1.807, 2.05) is 18.2 Å². The molecule has 1 saturated heterocycles. The zero-order valence-electron chi connectivity index (χ0n) is 20.5. The van der Waals surface area contributed by atoms with Crippen molar-refractivity contribution in [2.75, 3.05) is 18.7 Å². The van der Waals surface area contributed by atoms with E-state index in [1.54, 1.807) is 12.2 Å². The number of halogens is 2. The summed E-state index contributed by atoms with van der Waals surface area (Å²) in [4.78, 5) is 19.6. The number of nitrogens with zero attached hydrogens (tertiary/aromatic N) is 2. The van der Waals surface area contributed by atoms with Gasteiger partial charge in [0.15, 0.2) is 5.82 Å². The van der Waals surface area contributed by atoms with Gasteiger partial charge in [-0.05, 0) is 66.7 Å². The summed E-state index contributed by atoms with van der Waals surface area (Å²) < 4.78 is 33.9. The topological polar surface area (TPSA) is 90.8 Å². The molecule has 1 aromatic carbocycles. The number of aromatic amines is 1. The van der Waals surface area contributed by atoms with E-state index in [9.17, 15) is 13.6 Å². The smallest absolute Gasteiger partial charge is 0.291 e. The Balaban J connectivity index is 1.49. The molecule has 5 rings (SSSR count). The van der Waals surface area contributed by atoms with E-state index in [0.717, 1.165) is 36.0 Å². The van der Waals surface area contributed by atoms with Crippen molar-refractivity contribution in [3.05, 3.63) is 65.3 Å². The van der Waals surface area contributed by atoms with Gasteiger partial charge in [0.1, 0.15) is 36.3 Å². The van der Waals surface area contributed by atoms with Gasteiger partial charge in [0.2, 0.25) is 0 Å². The summed E-state index contributed by atoms with van der Waals surface area (Å²) >= 11 is 0. The van der Waals surface area contributed by atoms with Gasteiger partial charge in [-0.15, -0.1) is 0 Å². The lowest BCUT2D eigenvalue weighted by Crippen LogP contribution is -2.46. The maximum atomic E-state index is 14.0. The number of nitrogens with one attached hydrogen (secondary N) is 2. The molecule has 1 aromatic heterocycles. The van der Waals surface area contributed by atoms with E-state index in [4.69, 9.17) is 10.00 Å². The third-order valence-corrected chi connectivity index (χ3v) is 7.73. The number of carbonyl (C=O) groups is 1. The first-order valence-corrected chi connectivity index (χ1v) is 12.3. The highest BCUT2D eigenvalue weighted by Crippen LogP contribution is 2.50. The number of ether oxygens (including phenoxy) is 1. The molecule has 188 valence electrons. The van der Waals surface area contributed by atoms with Crippen LogP contribution >= 0.6 is 0 Å². The van der Waals surface area contributed by atoms with Crippen LogP contribution < -0.4 is 5.32 Å². The minimum atomic E-state index is -1.09. The van der Waals surface area contributed by atoms with Crippen LogP contribution in [0.1, 0.15) is 79.3 Å². The minimum absolute atomic E-state index is 0.0576. The van der Waals surface area contributed by atoms with Crippen LogP contribution in [0, 0.1) is 16.7 Å². The van der Waals surface area contributed by atoms with Crippen LogP contribution in [0.5, 0.6) is 0 Å². The van der Waals surface area contributed by atoms with Crippen molar-refractivity contribution in [3.8, 4) is 6.07 Å². The second kappa shape index (κ2) is 8.97. The van der Waals surface area contributed by atoms with E-state index in [2.05, 4.69) is 41.3 Å². The van der Waals surface area contributed by atoms with Gasteiger partial charge >= 0.3 is 0 Å². The van der Waals surface area contributed by atoms with Crippen LogP contribution in [0.4, 0.5) is 14.5 Å². The quantitative estimate of drug-likeness (QED) is 0.484. The molecule has 2 unspecified atom stereocenters. The van der Waals surface area contributed by atoms with Crippen molar-refractivity contribution in [2.24, 2.45) is 5.41 Å². The predicted molar refractivity (Wildman–Crippen MR) is 133 cm³/mol. The number of alkyl halides is 2. The van der Waals surface area contributed by atoms with Gasteiger partial charge in [-0.1, -0.05) is 38.1 Å². The standard InChI is InChI=1S/C28H30F2N4O2/c1-26(2)7-5-18(6-8-26)22-11-19(20-12-27(16-29)9-10-28(13-20,17-30)36-27)3-4-23(22)34-25(35)24-32-15-21(14-31)33-24/h3-5,9-11,15,20H,6-8,12-13,16-17H2,1-2H3,(H,32,33)(H,34,35). The highest BCUT2D eigenvalue weighted by Gasteiger charge is 2.52. The zero-order valence-corrected chi connectivity index (χ0v) is 20.5. The van der Waals surface area contributed by atoms with Crippen LogP contribution in [0.3, 0.4) is 0 Å². The molecule has 2 aliphatic heterocycles. The van der Waals surface area contributed by atoms with Crippen LogP contribution in [-0.2, 0) is 4.74 Å². The fraction of sp³-hybridized carbons (Fsp3) is 0.464. The van der Waals surface area contributed by atoms with Crippen molar-refractivity contribution in [1.82, 2.24) is 9.97 Å². The number of fused-ring (bicyclic) bond motifs is 2. The summed E-state index contributed by atoms with van der Waals surface area (Å²) in [6, 6.07) is 7.76. The summed E-state index contributed by atoms with van der Waals surface area (Å²) in [5.74, 6) is -0.474. The second-order valence-corrected chi connectivity index (χ2v) is 11.1. The molecule has 2 N–H and O–H groups in total. The van der Waals surface area contributed by atoms with Crippen LogP contribution in [0.25, 0.3) is 5.57 Å². The molecule has 6 nitrogen and oxygen atoms in total. The molecule has 0 spiro atoms. The second-order valence-electron chi connectivity index (χ2n) is 11.1. The van der Waals surface area contributed by atoms with Gasteiger partial charge < -0.3 is 15.0 Å². The van der Waals surface area contributed by atoms with Crippen molar-refractivity contribution in [2.45, 2.75) is 63.1 Å². The van der Waals surface area contributed by atoms with E-state index < -0.39 is 30.5 Å². The number of allylic oxidation sites excluding steroid dienone is 2. The number of hydrogen-bond acceptors (Lipinski definition) is 4. The first kappa shape index (κ1) is 24.4. The number of amides is 1. The summed E-state index contributed by atoms with van der Waals surface area (Å²) in [5.41, 5.74) is 1.88. The Labute approximate surface area is 209 Å². The van der Waals surface area contributed by atoms with Gasteiger partial charge in [0.25, 0.3) is 5.91 Å². The lowest BCUT2D eigenvalue weighted by molar-refractivity contribution is -0.145. The molecule has 0 radical (unpaired) electrons. The number of nitriles is 1. The molecular weight excluding hydrogens is 462 g/mol. The molecule has 36 heavy (non-hydrogen) atoms. The van der Waals surface area contributed by atoms with Crippen molar-refractivity contribution >= 4 is 17.2 Å². The minimum Gasteiger partial charge on any atom is -0.355 e. The molecule has 1 aliphatic carbocycles. The molecule has 1 amide bonds. The largest absolute Gasteiger partial charge is 0.355 e. The summed E-state index contributed by atoms with van der Waals surface area (Å²) in [6.45, 7) is 3.08. The number of rotatable bonds is 6. The third-order valence-electron chi connectivity index (χ3n) is 7.73. The Morgan fingerprint density at radius 1 is 1.25 bits per heavy atom. The van der Waals surface area contributed by atoms with Crippen molar-refractivity contribution < 1.29 is 18.3 Å². The predicted octanol–water partition coefficient (Wildman–Crippen LogP) is 6.01. The van der Waals surface area contributed by atoms with Gasteiger partial charge in [-0.25, -0.2) is 13.8 Å². The summed E-state index contributed by atoms with van der Waals surface area (Å²) in [5, 5.41) is 12.0. The van der Waals surface area contributed by atoms with Crippen LogP contribution in [0.2, 0.25) is 0 Å². The SMILES string of the molecule is CC1(C)CC=C(c2cc(C3CC4(CF)C=CC(CF)(C3)O4)ccc2NC(=O)c2ncc(C#N)[nH]2)CC1. The molecule has 2 aromatic rings. The third kappa shape index (κ3) is 4.48. The highest BCUT2D eigenvalue weighted by molar-refractivity contribution is 6.03. The number of H-pyrrole nitrogens is 1. The number of anilines is 1. The van der Waals surface area contributed by atoms with Gasteiger partial charge in [0, 0.05) is 11.3 Å². The maximum Gasteiger partial charge on any atom is 0.291 e. The molecule has 2 atom stereocenters. The molecule has 8 heteroatoms. The first-order chi connectivity index (χ1) is 17.2. The van der Waals surface area contributed by atoms with E-state index in [1.165, 1.54) is 6.20 Å². The highest BCUT2D eigenvalue weighted by atomic mass is 19.1. The van der Waals surface area contributed by atoms with Gasteiger partial charge in [-0.3, -0.25) is 4.79 Å². The molecule has 2 bridgehead atoms. The molecule has 3 heterocycles. The number of hydrogen-bond donors (Lipinski definition) is 2. The average Bonchev–Trinajstić information content (AvgIpc) is 3.47. The normalized spacial score (nSPS) is 28.4. The molecule has 3 aliphatic rings. The number of aromatic nitrogens is 2. The Morgan fingerprint density at radius 2 is 1.97 bits per heavy atom. The summed E-state index contributed by atoms with van der Waals surface area (Å²) in [7, 11) is 0. The Kier molecular flexibility index (Phi) is 6.08. The fourth-order valence-corrected chi connectivity index (χ4v) is 5.58. The fourth-order valence-electron chi connectivity index (χ4n) is 5.58. The Hall–Kier alpha value is -3.31. The van der Waals surface area contributed by atoms with E-state index in [0.29, 0.717) is 18.5 Å². The monoisotopic (exact) mass is 492 g/mol. The molecular formula is C28H30F2N4O2. The Bertz CT molecular complexity index is 1270. The van der Waals surface area contributed by atoms with Crippen molar-refractivity contribution in [3.63, 3.8) is 0 Å². The number of imidazole rings is 1.